The van der Waals surface area contributed by atoms with Gasteiger partial charge in [0, 0.05) is 33.9 Å². The largest absolute Gasteiger partial charge is 0.339 e. The molecule has 0 saturated carbocycles. The molecule has 8 rings (SSSR count). The lowest BCUT2D eigenvalue weighted by Crippen LogP contribution is -2.18. The van der Waals surface area contributed by atoms with Crippen molar-refractivity contribution in [1.29, 1.82) is 0 Å². The van der Waals surface area contributed by atoms with E-state index >= 15 is 0 Å². The van der Waals surface area contributed by atoms with Crippen molar-refractivity contribution in [3.05, 3.63) is 120 Å². The lowest BCUT2D eigenvalue weighted by Gasteiger charge is -2.09. The van der Waals surface area contributed by atoms with Crippen molar-refractivity contribution in [2.45, 2.75) is 44.4 Å². The highest BCUT2D eigenvalue weighted by Crippen LogP contribution is 2.38. The predicted molar refractivity (Wildman–Crippen MR) is 211 cm³/mol. The van der Waals surface area contributed by atoms with Crippen molar-refractivity contribution in [2.75, 3.05) is 12.8 Å². The standard InChI is InChI=1S/C21H20N2O2S.C20H19N3O2S/c1-4-26(24,25)16-7-5-6-15(11-16)17-9-8-14(3)20-19(17)18-10-13(2)12-22-21(18)23-20;1-12-9-17-18-16(8-7-13(2)19(18)23-20(17)22-11-12)14-5-4-6-15(10-14)26(24,25)21-3/h5-12H,4H2,1-3H3,(H,22,23);4-11,21H,1-3H3,(H,22,23). The van der Waals surface area contributed by atoms with Crippen LogP contribution < -0.4 is 4.72 Å². The molecule has 0 aliphatic heterocycles. The number of benzene rings is 4. The van der Waals surface area contributed by atoms with Crippen molar-refractivity contribution in [3.63, 3.8) is 0 Å². The minimum absolute atomic E-state index is 0.0932. The smallest absolute Gasteiger partial charge is 0.240 e. The van der Waals surface area contributed by atoms with Crippen LogP contribution in [0.3, 0.4) is 0 Å². The Hall–Kier alpha value is -5.36. The molecule has 52 heavy (non-hydrogen) atoms. The second-order valence-corrected chi connectivity index (χ2v) is 17.3. The Morgan fingerprint density at radius 3 is 1.54 bits per heavy atom. The maximum Gasteiger partial charge on any atom is 0.240 e. The molecule has 9 nitrogen and oxygen atoms in total. The number of sulfonamides is 1. The molecule has 0 spiro atoms. The van der Waals surface area contributed by atoms with Gasteiger partial charge in [-0.15, -0.1) is 0 Å². The third-order valence-corrected chi connectivity index (χ3v) is 12.7. The second kappa shape index (κ2) is 13.3. The lowest BCUT2D eigenvalue weighted by molar-refractivity contribution is 0.588. The third kappa shape index (κ3) is 6.25. The molecule has 0 atom stereocenters. The molecule has 0 radical (unpaired) electrons. The molecule has 0 bridgehead atoms. The quantitative estimate of drug-likeness (QED) is 0.157. The SMILES string of the molecule is CCS(=O)(=O)c1cccc(-c2ccc(C)c3[nH]c4ncc(C)cc4c23)c1.CNS(=O)(=O)c1cccc(-c2ccc(C)c3[nH]c4ncc(C)cc4c23)c1. The van der Waals surface area contributed by atoms with Gasteiger partial charge in [0.1, 0.15) is 11.3 Å². The van der Waals surface area contributed by atoms with Crippen molar-refractivity contribution >= 4 is 63.7 Å². The molecule has 11 heteroatoms. The maximum atomic E-state index is 12.3. The van der Waals surface area contributed by atoms with E-state index in [0.717, 1.165) is 88.4 Å². The molecule has 4 aromatic heterocycles. The first-order chi connectivity index (χ1) is 24.8. The first-order valence-electron chi connectivity index (χ1n) is 16.9. The lowest BCUT2D eigenvalue weighted by atomic mass is 9.97. The Morgan fingerprint density at radius 1 is 0.615 bits per heavy atom. The van der Waals surface area contributed by atoms with Gasteiger partial charge < -0.3 is 9.97 Å². The van der Waals surface area contributed by atoms with E-state index in [-0.39, 0.29) is 10.6 Å². The van der Waals surface area contributed by atoms with Crippen LogP contribution in [0.25, 0.3) is 66.1 Å². The van der Waals surface area contributed by atoms with E-state index in [1.165, 1.54) is 7.05 Å². The number of hydrogen-bond donors (Lipinski definition) is 3. The van der Waals surface area contributed by atoms with E-state index in [9.17, 15) is 16.8 Å². The van der Waals surface area contributed by atoms with Crippen molar-refractivity contribution in [2.24, 2.45) is 0 Å². The highest BCUT2D eigenvalue weighted by Gasteiger charge is 2.18. The van der Waals surface area contributed by atoms with Gasteiger partial charge >= 0.3 is 0 Å². The Morgan fingerprint density at radius 2 is 1.08 bits per heavy atom. The summed E-state index contributed by atoms with van der Waals surface area (Å²) in [5.74, 6) is 0.0932. The van der Waals surface area contributed by atoms with E-state index in [2.05, 4.69) is 62.8 Å². The highest BCUT2D eigenvalue weighted by atomic mass is 32.2. The van der Waals surface area contributed by atoms with Crippen LogP contribution in [-0.2, 0) is 19.9 Å². The van der Waals surface area contributed by atoms with Crippen LogP contribution in [0, 0.1) is 27.7 Å². The first kappa shape index (κ1) is 35.1. The van der Waals surface area contributed by atoms with E-state index in [4.69, 9.17) is 0 Å². The molecule has 0 fully saturated rings. The highest BCUT2D eigenvalue weighted by molar-refractivity contribution is 7.91. The van der Waals surface area contributed by atoms with Gasteiger partial charge in [-0.1, -0.05) is 55.5 Å². The monoisotopic (exact) mass is 729 g/mol. The molecular weight excluding hydrogens is 691 g/mol. The van der Waals surface area contributed by atoms with Crippen LogP contribution in [0.2, 0.25) is 0 Å². The van der Waals surface area contributed by atoms with Gasteiger partial charge in [0.2, 0.25) is 10.0 Å². The van der Waals surface area contributed by atoms with Crippen molar-refractivity contribution < 1.29 is 16.8 Å². The molecule has 0 aliphatic rings. The van der Waals surface area contributed by atoms with Crippen LogP contribution in [0.1, 0.15) is 29.2 Å². The van der Waals surface area contributed by atoms with E-state index in [1.807, 2.05) is 56.6 Å². The van der Waals surface area contributed by atoms with E-state index in [1.54, 1.807) is 37.3 Å². The predicted octanol–water partition coefficient (Wildman–Crippen LogP) is 8.70. The number of hydrogen-bond acceptors (Lipinski definition) is 6. The summed E-state index contributed by atoms with van der Waals surface area (Å²) in [6, 6.07) is 26.6. The summed E-state index contributed by atoms with van der Waals surface area (Å²) >= 11 is 0. The second-order valence-electron chi connectivity index (χ2n) is 13.1. The summed E-state index contributed by atoms with van der Waals surface area (Å²) in [5.41, 5.74) is 11.9. The summed E-state index contributed by atoms with van der Waals surface area (Å²) in [7, 11) is -5.33. The first-order valence-corrected chi connectivity index (χ1v) is 20.1. The maximum absolute atomic E-state index is 12.3. The molecule has 0 aliphatic carbocycles. The zero-order chi connectivity index (χ0) is 36.9. The Labute approximate surface area is 303 Å². The van der Waals surface area contributed by atoms with Crippen LogP contribution >= 0.6 is 0 Å². The van der Waals surface area contributed by atoms with Gasteiger partial charge in [0.05, 0.1) is 26.6 Å². The number of H-pyrrole nitrogens is 2. The number of aromatic nitrogens is 4. The Kier molecular flexibility index (Phi) is 8.98. The van der Waals surface area contributed by atoms with Gasteiger partial charge in [0.25, 0.3) is 0 Å². The number of pyridine rings is 2. The summed E-state index contributed by atoms with van der Waals surface area (Å²) < 4.78 is 51.3. The molecule has 4 aromatic carbocycles. The number of aromatic amines is 2. The van der Waals surface area contributed by atoms with Crippen LogP contribution in [0.15, 0.2) is 107 Å². The number of nitrogens with zero attached hydrogens (tertiary/aromatic N) is 2. The molecule has 0 saturated heterocycles. The van der Waals surface area contributed by atoms with Crippen molar-refractivity contribution in [3.8, 4) is 22.3 Å². The summed E-state index contributed by atoms with van der Waals surface area (Å²) in [6.07, 6.45) is 3.69. The number of sulfone groups is 1. The molecule has 0 unspecified atom stereocenters. The summed E-state index contributed by atoms with van der Waals surface area (Å²) in [5, 5.41) is 4.25. The Balaban J connectivity index is 0.000000162. The molecule has 3 N–H and O–H groups in total. The topological polar surface area (TPSA) is 138 Å². The summed E-state index contributed by atoms with van der Waals surface area (Å²) in [6.45, 7) is 9.82. The van der Waals surface area contributed by atoms with Gasteiger partial charge in [0.15, 0.2) is 9.84 Å². The molecule has 0 amide bonds. The number of rotatable bonds is 6. The van der Waals surface area contributed by atoms with Crippen LogP contribution in [-0.4, -0.2) is 49.6 Å². The van der Waals surface area contributed by atoms with Crippen LogP contribution in [0.5, 0.6) is 0 Å². The van der Waals surface area contributed by atoms with Crippen LogP contribution in [0.4, 0.5) is 0 Å². The van der Waals surface area contributed by atoms with E-state index < -0.39 is 19.9 Å². The zero-order valence-corrected chi connectivity index (χ0v) is 31.4. The average molecular weight is 730 g/mol. The molecular formula is C41H39N5O4S2. The minimum atomic E-state index is -3.50. The fourth-order valence-electron chi connectivity index (χ4n) is 6.70. The molecule has 8 aromatic rings. The molecule has 4 heterocycles. The van der Waals surface area contributed by atoms with Crippen molar-refractivity contribution in [1.82, 2.24) is 24.7 Å². The van der Waals surface area contributed by atoms with Gasteiger partial charge in [-0.2, -0.15) is 0 Å². The average Bonchev–Trinajstić information content (AvgIpc) is 3.72. The third-order valence-electron chi connectivity index (χ3n) is 9.51. The minimum Gasteiger partial charge on any atom is -0.339 e. The fourth-order valence-corrected chi connectivity index (χ4v) is 8.41. The number of nitrogens with one attached hydrogen (secondary N) is 3. The Bertz CT molecular complexity index is 2710. The zero-order valence-electron chi connectivity index (χ0n) is 29.8. The van der Waals surface area contributed by atoms with E-state index in [0.29, 0.717) is 4.90 Å². The van der Waals surface area contributed by atoms with Gasteiger partial charge in [-0.25, -0.2) is 31.5 Å². The fraction of sp³-hybridized carbons (Fsp3) is 0.171. The number of aryl methyl sites for hydroxylation is 4. The van der Waals surface area contributed by atoms with Gasteiger partial charge in [-0.05, 0) is 116 Å². The molecule has 264 valence electrons. The van der Waals surface area contributed by atoms with Gasteiger partial charge in [-0.3, -0.25) is 0 Å². The summed E-state index contributed by atoms with van der Waals surface area (Å²) in [4.78, 5) is 16.4. The normalized spacial score (nSPS) is 12.1. The number of fused-ring (bicyclic) bond motifs is 6.